The van der Waals surface area contributed by atoms with Gasteiger partial charge in [-0.05, 0) is 43.5 Å². The minimum Gasteiger partial charge on any atom is -0.493 e. The molecule has 0 radical (unpaired) electrons. The predicted molar refractivity (Wildman–Crippen MR) is 93.4 cm³/mol. The molecule has 0 aliphatic heterocycles. The third-order valence-electron chi connectivity index (χ3n) is 3.96. The lowest BCUT2D eigenvalue weighted by Gasteiger charge is -2.22. The lowest BCUT2D eigenvalue weighted by atomic mass is 10.1. The van der Waals surface area contributed by atoms with Crippen LogP contribution in [0.3, 0.4) is 0 Å². The Morgan fingerprint density at radius 3 is 2.67 bits per heavy atom. The number of nitrogens with zero attached hydrogens (tertiary/aromatic N) is 1. The molecule has 4 heteroatoms. The fraction of sp³-hybridized carbons (Fsp3) is 0.350. The summed E-state index contributed by atoms with van der Waals surface area (Å²) in [5.41, 5.74) is 2.36. The molecule has 1 amide bonds. The van der Waals surface area contributed by atoms with Crippen LogP contribution in [-0.2, 0) is 11.3 Å². The highest BCUT2D eigenvalue weighted by molar-refractivity contribution is 5.76. The Balaban J connectivity index is 1.78. The van der Waals surface area contributed by atoms with Crippen molar-refractivity contribution in [3.05, 3.63) is 65.5 Å². The van der Waals surface area contributed by atoms with Gasteiger partial charge in [0.25, 0.3) is 0 Å². The van der Waals surface area contributed by atoms with Gasteiger partial charge in [0.1, 0.15) is 11.6 Å². The maximum atomic E-state index is 13.1. The van der Waals surface area contributed by atoms with Gasteiger partial charge < -0.3 is 9.64 Å². The molecule has 0 saturated heterocycles. The Bertz CT molecular complexity index is 672. The molecule has 0 aliphatic rings. The zero-order valence-corrected chi connectivity index (χ0v) is 14.3. The molecule has 24 heavy (non-hydrogen) atoms. The summed E-state index contributed by atoms with van der Waals surface area (Å²) in [6.07, 6.45) is 1.04. The first-order chi connectivity index (χ1) is 11.6. The van der Waals surface area contributed by atoms with Crippen LogP contribution in [0.5, 0.6) is 5.75 Å². The first kappa shape index (κ1) is 18.0. The van der Waals surface area contributed by atoms with Crippen LogP contribution < -0.4 is 4.74 Å². The summed E-state index contributed by atoms with van der Waals surface area (Å²) in [5.74, 6) is 0.289. The molecule has 0 unspecified atom stereocenters. The van der Waals surface area contributed by atoms with Gasteiger partial charge in [0.2, 0.25) is 5.91 Å². The van der Waals surface area contributed by atoms with E-state index < -0.39 is 0 Å². The van der Waals surface area contributed by atoms with E-state index in [9.17, 15) is 9.18 Å². The summed E-state index contributed by atoms with van der Waals surface area (Å²) in [6.45, 7) is 5.75. The summed E-state index contributed by atoms with van der Waals surface area (Å²) in [5, 5.41) is 0. The Labute approximate surface area is 143 Å². The van der Waals surface area contributed by atoms with Crippen molar-refractivity contribution in [2.24, 2.45) is 0 Å². The molecule has 0 N–H and O–H groups in total. The van der Waals surface area contributed by atoms with Gasteiger partial charge >= 0.3 is 0 Å². The minimum atomic E-state index is -0.320. The largest absolute Gasteiger partial charge is 0.493 e. The van der Waals surface area contributed by atoms with Crippen molar-refractivity contribution >= 4 is 5.91 Å². The first-order valence-electron chi connectivity index (χ1n) is 8.30. The molecule has 2 aromatic rings. The standard InChI is InChI=1S/C20H24FNO2/c1-3-22(15-17-9-5-4-8-16(17)2)20(23)12-7-13-24-19-11-6-10-18(21)14-19/h4-6,8-11,14H,3,7,12-13,15H2,1-2H3. The van der Waals surface area contributed by atoms with Crippen LogP contribution in [-0.4, -0.2) is 24.0 Å². The van der Waals surface area contributed by atoms with E-state index in [0.717, 1.165) is 0 Å². The van der Waals surface area contributed by atoms with E-state index in [1.165, 1.54) is 23.3 Å². The molecule has 0 bridgehead atoms. The molecular formula is C20H24FNO2. The van der Waals surface area contributed by atoms with E-state index in [4.69, 9.17) is 4.74 Å². The molecule has 0 saturated carbocycles. The highest BCUT2D eigenvalue weighted by atomic mass is 19.1. The fourth-order valence-electron chi connectivity index (χ4n) is 2.50. The highest BCUT2D eigenvalue weighted by Crippen LogP contribution is 2.14. The van der Waals surface area contributed by atoms with Crippen LogP contribution in [0.25, 0.3) is 0 Å². The quantitative estimate of drug-likeness (QED) is 0.674. The normalized spacial score (nSPS) is 10.5. The van der Waals surface area contributed by atoms with Crippen LogP contribution >= 0.6 is 0 Å². The lowest BCUT2D eigenvalue weighted by molar-refractivity contribution is -0.131. The second-order valence-electron chi connectivity index (χ2n) is 5.74. The van der Waals surface area contributed by atoms with E-state index in [2.05, 4.69) is 19.1 Å². The summed E-state index contributed by atoms with van der Waals surface area (Å²) < 4.78 is 18.5. The number of aryl methyl sites for hydroxylation is 1. The summed E-state index contributed by atoms with van der Waals surface area (Å²) in [7, 11) is 0. The number of benzene rings is 2. The topological polar surface area (TPSA) is 29.5 Å². The number of carbonyl (C=O) groups is 1. The molecule has 0 atom stereocenters. The highest BCUT2D eigenvalue weighted by Gasteiger charge is 2.12. The van der Waals surface area contributed by atoms with Gasteiger partial charge in [-0.15, -0.1) is 0 Å². The van der Waals surface area contributed by atoms with Gasteiger partial charge in [0.05, 0.1) is 6.61 Å². The molecule has 0 spiro atoms. The van der Waals surface area contributed by atoms with Crippen molar-refractivity contribution in [1.82, 2.24) is 4.90 Å². The molecular weight excluding hydrogens is 305 g/mol. The molecule has 0 fully saturated rings. The van der Waals surface area contributed by atoms with Crippen LogP contribution in [0.1, 0.15) is 30.9 Å². The molecule has 0 aromatic heterocycles. The average Bonchev–Trinajstić information content (AvgIpc) is 2.58. The van der Waals surface area contributed by atoms with Crippen LogP contribution in [0.4, 0.5) is 4.39 Å². The number of halogens is 1. The zero-order valence-electron chi connectivity index (χ0n) is 14.3. The molecule has 0 heterocycles. The summed E-state index contributed by atoms with van der Waals surface area (Å²) >= 11 is 0. The zero-order chi connectivity index (χ0) is 17.4. The fourth-order valence-corrected chi connectivity index (χ4v) is 2.50. The molecule has 128 valence electrons. The monoisotopic (exact) mass is 329 g/mol. The van der Waals surface area contributed by atoms with Crippen LogP contribution in [0.15, 0.2) is 48.5 Å². The van der Waals surface area contributed by atoms with Crippen molar-refractivity contribution < 1.29 is 13.9 Å². The Kier molecular flexibility index (Phi) is 6.79. The van der Waals surface area contributed by atoms with Crippen molar-refractivity contribution in [3.63, 3.8) is 0 Å². The SMILES string of the molecule is CCN(Cc1ccccc1C)C(=O)CCCOc1cccc(F)c1. The maximum Gasteiger partial charge on any atom is 0.222 e. The second-order valence-corrected chi connectivity index (χ2v) is 5.74. The number of rotatable bonds is 8. The van der Waals surface area contributed by atoms with Crippen molar-refractivity contribution in [3.8, 4) is 5.75 Å². The Morgan fingerprint density at radius 2 is 1.96 bits per heavy atom. The Hall–Kier alpha value is -2.36. The van der Waals surface area contributed by atoms with Gasteiger partial charge in [-0.1, -0.05) is 30.3 Å². The number of ether oxygens (including phenoxy) is 1. The van der Waals surface area contributed by atoms with Crippen molar-refractivity contribution in [2.75, 3.05) is 13.2 Å². The van der Waals surface area contributed by atoms with Gasteiger partial charge in [0, 0.05) is 25.6 Å². The molecule has 3 nitrogen and oxygen atoms in total. The van der Waals surface area contributed by atoms with Crippen LogP contribution in [0, 0.1) is 12.7 Å². The van der Waals surface area contributed by atoms with E-state index in [1.54, 1.807) is 12.1 Å². The van der Waals surface area contributed by atoms with E-state index in [1.807, 2.05) is 24.0 Å². The van der Waals surface area contributed by atoms with E-state index in [-0.39, 0.29) is 11.7 Å². The van der Waals surface area contributed by atoms with E-state index >= 15 is 0 Å². The number of hydrogen-bond donors (Lipinski definition) is 0. The maximum absolute atomic E-state index is 13.1. The second kappa shape index (κ2) is 9.06. The smallest absolute Gasteiger partial charge is 0.222 e. The average molecular weight is 329 g/mol. The van der Waals surface area contributed by atoms with Gasteiger partial charge in [-0.25, -0.2) is 4.39 Å². The summed E-state index contributed by atoms with van der Waals surface area (Å²) in [6, 6.07) is 14.1. The number of amides is 1. The third kappa shape index (κ3) is 5.37. The van der Waals surface area contributed by atoms with Gasteiger partial charge in [0.15, 0.2) is 0 Å². The van der Waals surface area contributed by atoms with Crippen molar-refractivity contribution in [1.29, 1.82) is 0 Å². The molecule has 0 aliphatic carbocycles. The molecule has 2 rings (SSSR count). The van der Waals surface area contributed by atoms with Crippen molar-refractivity contribution in [2.45, 2.75) is 33.2 Å². The molecule has 2 aromatic carbocycles. The lowest BCUT2D eigenvalue weighted by Crippen LogP contribution is -2.30. The summed E-state index contributed by atoms with van der Waals surface area (Å²) in [4.78, 5) is 14.2. The van der Waals surface area contributed by atoms with Crippen LogP contribution in [0.2, 0.25) is 0 Å². The third-order valence-corrected chi connectivity index (χ3v) is 3.96. The number of hydrogen-bond acceptors (Lipinski definition) is 2. The van der Waals surface area contributed by atoms with Gasteiger partial charge in [-0.3, -0.25) is 4.79 Å². The number of carbonyl (C=O) groups excluding carboxylic acids is 1. The predicted octanol–water partition coefficient (Wildman–Crippen LogP) is 4.34. The van der Waals surface area contributed by atoms with Gasteiger partial charge in [-0.2, -0.15) is 0 Å². The Morgan fingerprint density at radius 1 is 1.17 bits per heavy atom. The first-order valence-corrected chi connectivity index (χ1v) is 8.30. The van der Waals surface area contributed by atoms with E-state index in [0.29, 0.717) is 38.3 Å². The minimum absolute atomic E-state index is 0.114.